The zero-order chi connectivity index (χ0) is 15.5. The standard InChI is InChI=1S/C16H16N4O2/c1-12-10-13(18-22-12)11-19(2)16(21)15-8-9-20(17-15)14-6-4-3-5-7-14/h3-10H,11H2,1-2H3. The molecule has 112 valence electrons. The Hall–Kier alpha value is -2.89. The molecule has 0 saturated carbocycles. The molecule has 0 bridgehead atoms. The van der Waals surface area contributed by atoms with E-state index in [9.17, 15) is 4.79 Å². The molecule has 0 spiro atoms. The molecule has 1 amide bonds. The highest BCUT2D eigenvalue weighted by molar-refractivity contribution is 5.92. The third kappa shape index (κ3) is 2.90. The van der Waals surface area contributed by atoms with Gasteiger partial charge < -0.3 is 9.42 Å². The lowest BCUT2D eigenvalue weighted by Gasteiger charge is -2.13. The lowest BCUT2D eigenvalue weighted by Crippen LogP contribution is -2.26. The molecule has 2 heterocycles. The van der Waals surface area contributed by atoms with Crippen LogP contribution in [0, 0.1) is 6.92 Å². The Morgan fingerprint density at radius 1 is 1.27 bits per heavy atom. The first kappa shape index (κ1) is 14.1. The fourth-order valence-corrected chi connectivity index (χ4v) is 2.17. The highest BCUT2D eigenvalue weighted by Crippen LogP contribution is 2.10. The van der Waals surface area contributed by atoms with E-state index in [1.807, 2.05) is 43.3 Å². The minimum absolute atomic E-state index is 0.157. The van der Waals surface area contributed by atoms with Gasteiger partial charge in [0, 0.05) is 19.3 Å². The van der Waals surface area contributed by atoms with Gasteiger partial charge >= 0.3 is 0 Å². The summed E-state index contributed by atoms with van der Waals surface area (Å²) in [5.74, 6) is 0.569. The van der Waals surface area contributed by atoms with Crippen molar-refractivity contribution < 1.29 is 9.32 Å². The van der Waals surface area contributed by atoms with Crippen LogP contribution >= 0.6 is 0 Å². The van der Waals surface area contributed by atoms with Crippen molar-refractivity contribution in [3.05, 3.63) is 65.8 Å². The van der Waals surface area contributed by atoms with Gasteiger partial charge in [-0.1, -0.05) is 23.4 Å². The van der Waals surface area contributed by atoms with E-state index in [0.29, 0.717) is 12.2 Å². The Labute approximate surface area is 127 Å². The fraction of sp³-hybridized carbons (Fsp3) is 0.188. The SMILES string of the molecule is Cc1cc(CN(C)C(=O)c2ccn(-c3ccccc3)n2)no1. The summed E-state index contributed by atoms with van der Waals surface area (Å²) in [5, 5.41) is 8.22. The molecule has 0 fully saturated rings. The molecule has 2 aromatic heterocycles. The highest BCUT2D eigenvalue weighted by atomic mass is 16.5. The lowest BCUT2D eigenvalue weighted by molar-refractivity contribution is 0.0776. The number of nitrogens with zero attached hydrogens (tertiary/aromatic N) is 4. The number of hydrogen-bond acceptors (Lipinski definition) is 4. The van der Waals surface area contributed by atoms with E-state index in [2.05, 4.69) is 10.3 Å². The Balaban J connectivity index is 1.74. The second-order valence-electron chi connectivity index (χ2n) is 5.07. The van der Waals surface area contributed by atoms with Gasteiger partial charge in [-0.25, -0.2) is 4.68 Å². The molecule has 1 aromatic carbocycles. The van der Waals surface area contributed by atoms with Gasteiger partial charge in [-0.05, 0) is 25.1 Å². The molecule has 0 atom stereocenters. The van der Waals surface area contributed by atoms with E-state index in [-0.39, 0.29) is 5.91 Å². The molecule has 0 radical (unpaired) electrons. The van der Waals surface area contributed by atoms with E-state index >= 15 is 0 Å². The van der Waals surface area contributed by atoms with E-state index in [1.54, 1.807) is 28.9 Å². The van der Waals surface area contributed by atoms with Gasteiger partial charge in [0.1, 0.15) is 11.5 Å². The first-order valence-corrected chi connectivity index (χ1v) is 6.92. The Morgan fingerprint density at radius 3 is 2.73 bits per heavy atom. The summed E-state index contributed by atoms with van der Waals surface area (Å²) in [6, 6.07) is 13.2. The maximum absolute atomic E-state index is 12.4. The van der Waals surface area contributed by atoms with Crippen molar-refractivity contribution >= 4 is 5.91 Å². The average molecular weight is 296 g/mol. The third-order valence-electron chi connectivity index (χ3n) is 3.25. The summed E-state index contributed by atoms with van der Waals surface area (Å²) < 4.78 is 6.69. The number of hydrogen-bond donors (Lipinski definition) is 0. The van der Waals surface area contributed by atoms with Gasteiger partial charge in [-0.15, -0.1) is 0 Å². The van der Waals surface area contributed by atoms with Gasteiger partial charge in [0.2, 0.25) is 0 Å². The number of amides is 1. The molecule has 0 aliphatic rings. The summed E-state index contributed by atoms with van der Waals surface area (Å²) in [5.41, 5.74) is 2.03. The molecule has 22 heavy (non-hydrogen) atoms. The molecule has 0 aliphatic carbocycles. The topological polar surface area (TPSA) is 64.2 Å². The van der Waals surface area contributed by atoms with Crippen molar-refractivity contribution in [2.24, 2.45) is 0 Å². The van der Waals surface area contributed by atoms with Crippen LogP contribution in [0.1, 0.15) is 21.9 Å². The van der Waals surface area contributed by atoms with E-state index in [1.165, 1.54) is 0 Å². The number of aryl methyl sites for hydroxylation is 1. The molecule has 0 saturated heterocycles. The number of rotatable bonds is 4. The summed E-state index contributed by atoms with van der Waals surface area (Å²) in [7, 11) is 1.72. The van der Waals surface area contributed by atoms with Gasteiger partial charge in [0.25, 0.3) is 5.91 Å². The number of para-hydroxylation sites is 1. The number of benzene rings is 1. The van der Waals surface area contributed by atoms with Gasteiger partial charge in [0.05, 0.1) is 12.2 Å². The molecule has 3 aromatic rings. The zero-order valence-corrected chi connectivity index (χ0v) is 12.4. The van der Waals surface area contributed by atoms with Crippen LogP contribution in [0.2, 0.25) is 0 Å². The largest absolute Gasteiger partial charge is 0.361 e. The maximum atomic E-state index is 12.4. The smallest absolute Gasteiger partial charge is 0.274 e. The second kappa shape index (κ2) is 5.85. The average Bonchev–Trinajstić information content (AvgIpc) is 3.17. The predicted molar refractivity (Wildman–Crippen MR) is 80.6 cm³/mol. The molecule has 3 rings (SSSR count). The summed E-state index contributed by atoms with van der Waals surface area (Å²) >= 11 is 0. The second-order valence-corrected chi connectivity index (χ2v) is 5.07. The Morgan fingerprint density at radius 2 is 2.05 bits per heavy atom. The van der Waals surface area contributed by atoms with Crippen LogP contribution in [0.3, 0.4) is 0 Å². The highest BCUT2D eigenvalue weighted by Gasteiger charge is 2.16. The molecule has 0 unspecified atom stereocenters. The Kier molecular flexibility index (Phi) is 3.74. The normalized spacial score (nSPS) is 10.6. The fourth-order valence-electron chi connectivity index (χ4n) is 2.17. The quantitative estimate of drug-likeness (QED) is 0.742. The Bertz CT molecular complexity index is 776. The van der Waals surface area contributed by atoms with Crippen molar-refractivity contribution in [1.29, 1.82) is 0 Å². The van der Waals surface area contributed by atoms with E-state index in [0.717, 1.165) is 17.1 Å². The van der Waals surface area contributed by atoms with E-state index < -0.39 is 0 Å². The van der Waals surface area contributed by atoms with Crippen LogP contribution in [0.15, 0.2) is 53.2 Å². The molecule has 6 nitrogen and oxygen atoms in total. The van der Waals surface area contributed by atoms with Crippen LogP contribution in [-0.2, 0) is 6.54 Å². The van der Waals surface area contributed by atoms with Gasteiger partial charge in [-0.2, -0.15) is 5.10 Å². The summed E-state index contributed by atoms with van der Waals surface area (Å²) in [4.78, 5) is 14.0. The monoisotopic (exact) mass is 296 g/mol. The molecular weight excluding hydrogens is 280 g/mol. The number of carbonyl (C=O) groups is 1. The van der Waals surface area contributed by atoms with Crippen molar-refractivity contribution in [3.63, 3.8) is 0 Å². The van der Waals surface area contributed by atoms with Crippen LogP contribution in [0.25, 0.3) is 5.69 Å². The van der Waals surface area contributed by atoms with Crippen LogP contribution in [0.5, 0.6) is 0 Å². The molecule has 0 aliphatic heterocycles. The van der Waals surface area contributed by atoms with Crippen molar-refractivity contribution in [1.82, 2.24) is 19.8 Å². The lowest BCUT2D eigenvalue weighted by atomic mass is 10.3. The number of carbonyl (C=O) groups excluding carboxylic acids is 1. The molecular formula is C16H16N4O2. The van der Waals surface area contributed by atoms with Crippen molar-refractivity contribution in [3.8, 4) is 5.69 Å². The zero-order valence-electron chi connectivity index (χ0n) is 12.4. The molecule has 6 heteroatoms. The minimum Gasteiger partial charge on any atom is -0.361 e. The van der Waals surface area contributed by atoms with Gasteiger partial charge in [0.15, 0.2) is 5.69 Å². The van der Waals surface area contributed by atoms with E-state index in [4.69, 9.17) is 4.52 Å². The molecule has 0 N–H and O–H groups in total. The van der Waals surface area contributed by atoms with Crippen LogP contribution < -0.4 is 0 Å². The van der Waals surface area contributed by atoms with Gasteiger partial charge in [-0.3, -0.25) is 4.79 Å². The van der Waals surface area contributed by atoms with Crippen LogP contribution in [0.4, 0.5) is 0 Å². The first-order chi connectivity index (χ1) is 10.6. The first-order valence-electron chi connectivity index (χ1n) is 6.92. The third-order valence-corrected chi connectivity index (χ3v) is 3.25. The van der Waals surface area contributed by atoms with Crippen molar-refractivity contribution in [2.45, 2.75) is 13.5 Å². The maximum Gasteiger partial charge on any atom is 0.274 e. The predicted octanol–water partition coefficient (Wildman–Crippen LogP) is 2.44. The van der Waals surface area contributed by atoms with Crippen LogP contribution in [-0.4, -0.2) is 32.8 Å². The van der Waals surface area contributed by atoms with Crippen molar-refractivity contribution in [2.75, 3.05) is 7.05 Å². The summed E-state index contributed by atoms with van der Waals surface area (Å²) in [6.45, 7) is 2.20. The minimum atomic E-state index is -0.157. The summed E-state index contributed by atoms with van der Waals surface area (Å²) in [6.07, 6.45) is 1.77. The number of aromatic nitrogens is 3.